The Morgan fingerprint density at radius 3 is 2.63 bits per heavy atom. The van der Waals surface area contributed by atoms with Crippen LogP contribution in [0.3, 0.4) is 0 Å². The molecule has 2 heterocycles. The molecule has 4 rings (SSSR count). The summed E-state index contributed by atoms with van der Waals surface area (Å²) in [6.07, 6.45) is 4.92. The third-order valence-electron chi connectivity index (χ3n) is 5.51. The topological polar surface area (TPSA) is 113 Å². The number of benzene rings is 2. The van der Waals surface area contributed by atoms with Gasteiger partial charge in [-0.15, -0.1) is 0 Å². The highest BCUT2D eigenvalue weighted by atomic mass is 16.6. The lowest BCUT2D eigenvalue weighted by Gasteiger charge is -2.32. The average molecular weight is 482 g/mol. The fraction of sp³-hybridized carbons (Fsp3) is 0.280. The zero-order valence-electron chi connectivity index (χ0n) is 19.7. The Bertz CT molecular complexity index is 1210. The molecule has 3 aromatic rings. The van der Waals surface area contributed by atoms with Gasteiger partial charge in [0, 0.05) is 36.0 Å². The van der Waals surface area contributed by atoms with E-state index < -0.39 is 12.2 Å². The molecule has 184 valence electrons. The van der Waals surface area contributed by atoms with Crippen molar-refractivity contribution in [1.82, 2.24) is 15.0 Å². The third kappa shape index (κ3) is 5.17. The fourth-order valence-corrected chi connectivity index (χ4v) is 3.82. The maximum absolute atomic E-state index is 10.9. The number of methoxy groups -OCH3 is 3. The van der Waals surface area contributed by atoms with Gasteiger partial charge < -0.3 is 24.1 Å². The van der Waals surface area contributed by atoms with Crippen LogP contribution < -0.4 is 24.4 Å². The molecule has 1 aromatic heterocycles. The van der Waals surface area contributed by atoms with Crippen LogP contribution in [-0.2, 0) is 9.63 Å². The molecular formula is C25H27N3O7. The van der Waals surface area contributed by atoms with Gasteiger partial charge in [0.2, 0.25) is 6.23 Å². The van der Waals surface area contributed by atoms with E-state index in [2.05, 4.69) is 10.5 Å². The van der Waals surface area contributed by atoms with Crippen LogP contribution in [-0.4, -0.2) is 48.6 Å². The number of nitrogens with zero attached hydrogens (tertiary/aromatic N) is 2. The van der Waals surface area contributed by atoms with E-state index in [0.29, 0.717) is 35.1 Å². The number of carboxylic acids is 1. The number of aromatic nitrogens is 2. The van der Waals surface area contributed by atoms with Gasteiger partial charge in [-0.1, -0.05) is 6.07 Å². The Hall–Kier alpha value is -4.18. The highest BCUT2D eigenvalue weighted by Gasteiger charge is 2.32. The smallest absolute Gasteiger partial charge is 0.303 e. The van der Waals surface area contributed by atoms with Crippen LogP contribution in [0.4, 0.5) is 0 Å². The summed E-state index contributed by atoms with van der Waals surface area (Å²) in [4.78, 5) is 20.8. The first kappa shape index (κ1) is 24.0. The molecule has 0 spiro atoms. The lowest BCUT2D eigenvalue weighted by molar-refractivity contribution is -0.137. The Kier molecular flexibility index (Phi) is 7.41. The van der Waals surface area contributed by atoms with E-state index in [0.717, 1.165) is 16.7 Å². The largest absolute Gasteiger partial charge is 0.497 e. The molecule has 0 saturated carbocycles. The van der Waals surface area contributed by atoms with Crippen molar-refractivity contribution in [2.24, 2.45) is 0 Å². The molecule has 1 aliphatic rings. The van der Waals surface area contributed by atoms with E-state index in [1.54, 1.807) is 39.9 Å². The van der Waals surface area contributed by atoms with Gasteiger partial charge in [-0.05, 0) is 36.2 Å². The third-order valence-corrected chi connectivity index (χ3v) is 5.51. The van der Waals surface area contributed by atoms with Crippen molar-refractivity contribution in [3.05, 3.63) is 66.2 Å². The Balaban J connectivity index is 1.84. The van der Waals surface area contributed by atoms with E-state index >= 15 is 0 Å². The van der Waals surface area contributed by atoms with Crippen LogP contribution in [0.2, 0.25) is 0 Å². The number of ether oxygens (including phenoxy) is 4. The van der Waals surface area contributed by atoms with Gasteiger partial charge in [0.15, 0.2) is 11.5 Å². The number of nitrogens with one attached hydrogen (secondary N) is 1. The number of carbonyl (C=O) groups is 1. The van der Waals surface area contributed by atoms with Crippen LogP contribution >= 0.6 is 0 Å². The van der Waals surface area contributed by atoms with Crippen LogP contribution in [0.25, 0.3) is 11.3 Å². The van der Waals surface area contributed by atoms with E-state index in [4.69, 9.17) is 28.9 Å². The summed E-state index contributed by atoms with van der Waals surface area (Å²) in [7, 11) is 4.75. The second-order valence-electron chi connectivity index (χ2n) is 7.65. The predicted molar refractivity (Wildman–Crippen MR) is 127 cm³/mol. The summed E-state index contributed by atoms with van der Waals surface area (Å²) in [6.45, 7) is 0.205. The van der Waals surface area contributed by atoms with Crippen LogP contribution in [0.5, 0.6) is 23.0 Å². The molecule has 1 atom stereocenters. The van der Waals surface area contributed by atoms with Crippen molar-refractivity contribution < 1.29 is 33.7 Å². The van der Waals surface area contributed by atoms with Gasteiger partial charge in [0.05, 0.1) is 40.0 Å². The SMILES string of the molecule is COc1ccc2c(c1)OC(n1ccnc1)C(c1ccc(OC)c(OC)c1)=C2NOCCCC(=O)O. The summed E-state index contributed by atoms with van der Waals surface area (Å²) in [5.74, 6) is 1.51. The van der Waals surface area contributed by atoms with Crippen LogP contribution in [0.15, 0.2) is 55.1 Å². The number of hydrogen-bond acceptors (Lipinski definition) is 8. The van der Waals surface area contributed by atoms with Gasteiger partial charge in [0.1, 0.15) is 11.5 Å². The first-order valence-electron chi connectivity index (χ1n) is 10.9. The minimum Gasteiger partial charge on any atom is -0.497 e. The molecule has 2 aromatic carbocycles. The number of imidazole rings is 1. The van der Waals surface area contributed by atoms with Crippen molar-refractivity contribution in [3.63, 3.8) is 0 Å². The number of fused-ring (bicyclic) bond motifs is 1. The zero-order chi connectivity index (χ0) is 24.8. The maximum Gasteiger partial charge on any atom is 0.303 e. The molecule has 2 N–H and O–H groups in total. The summed E-state index contributed by atoms with van der Waals surface area (Å²) in [6, 6.07) is 11.1. The Morgan fingerprint density at radius 1 is 1.11 bits per heavy atom. The summed E-state index contributed by atoms with van der Waals surface area (Å²) in [5.41, 5.74) is 6.04. The van der Waals surface area contributed by atoms with Crippen LogP contribution in [0.1, 0.15) is 30.2 Å². The molecule has 1 aliphatic heterocycles. The average Bonchev–Trinajstić information content (AvgIpc) is 3.42. The molecule has 0 amide bonds. The van der Waals surface area contributed by atoms with Crippen molar-refractivity contribution in [3.8, 4) is 23.0 Å². The molecule has 10 nitrogen and oxygen atoms in total. The number of hydroxylamine groups is 1. The summed E-state index contributed by atoms with van der Waals surface area (Å²) in [5, 5.41) is 8.92. The highest BCUT2D eigenvalue weighted by Crippen LogP contribution is 2.46. The highest BCUT2D eigenvalue weighted by molar-refractivity contribution is 5.94. The van der Waals surface area contributed by atoms with Crippen molar-refractivity contribution in [1.29, 1.82) is 0 Å². The zero-order valence-corrected chi connectivity index (χ0v) is 19.7. The maximum atomic E-state index is 10.9. The second kappa shape index (κ2) is 10.8. The van der Waals surface area contributed by atoms with Crippen molar-refractivity contribution in [2.45, 2.75) is 19.1 Å². The number of hydrogen-bond donors (Lipinski definition) is 2. The minimum absolute atomic E-state index is 0.0117. The predicted octanol–water partition coefficient (Wildman–Crippen LogP) is 3.75. The molecule has 10 heteroatoms. The van der Waals surface area contributed by atoms with Crippen molar-refractivity contribution in [2.75, 3.05) is 27.9 Å². The van der Waals surface area contributed by atoms with Crippen molar-refractivity contribution >= 4 is 17.2 Å². The standard InChI is InChI=1S/C25H27N3O7/c1-31-17-7-8-18-20(14-17)35-25(28-11-10-26-15-28)23(24(18)27-34-12-4-5-22(29)30)16-6-9-19(32-2)21(13-16)33-3/h6-11,13-15,25,27H,4-5,12H2,1-3H3,(H,29,30). The molecule has 35 heavy (non-hydrogen) atoms. The van der Waals surface area contributed by atoms with Crippen LogP contribution in [0, 0.1) is 0 Å². The lowest BCUT2D eigenvalue weighted by Crippen LogP contribution is -2.27. The first-order chi connectivity index (χ1) is 17.0. The van der Waals surface area contributed by atoms with Gasteiger partial charge in [0.25, 0.3) is 0 Å². The molecular weight excluding hydrogens is 454 g/mol. The molecule has 0 fully saturated rings. The molecule has 1 unspecified atom stereocenters. The quantitative estimate of drug-likeness (QED) is 0.312. The van der Waals surface area contributed by atoms with E-state index in [-0.39, 0.29) is 13.0 Å². The van der Waals surface area contributed by atoms with Gasteiger partial charge in [-0.25, -0.2) is 4.98 Å². The Labute approximate surface area is 202 Å². The van der Waals surface area contributed by atoms with E-state index in [1.807, 2.05) is 41.1 Å². The first-order valence-corrected chi connectivity index (χ1v) is 10.9. The van der Waals surface area contributed by atoms with Gasteiger partial charge in [-0.3, -0.25) is 19.7 Å². The molecule has 0 bridgehead atoms. The van der Waals surface area contributed by atoms with E-state index in [9.17, 15) is 4.79 Å². The Morgan fingerprint density at radius 2 is 1.94 bits per heavy atom. The van der Waals surface area contributed by atoms with Gasteiger partial charge in [-0.2, -0.15) is 0 Å². The monoisotopic (exact) mass is 481 g/mol. The van der Waals surface area contributed by atoms with Gasteiger partial charge >= 0.3 is 5.97 Å². The molecule has 0 radical (unpaired) electrons. The fourth-order valence-electron chi connectivity index (χ4n) is 3.82. The lowest BCUT2D eigenvalue weighted by atomic mass is 9.94. The summed E-state index contributed by atoms with van der Waals surface area (Å²) >= 11 is 0. The molecule has 0 saturated heterocycles. The van der Waals surface area contributed by atoms with E-state index in [1.165, 1.54) is 0 Å². The number of aliphatic carboxylic acids is 1. The summed E-state index contributed by atoms with van der Waals surface area (Å²) < 4.78 is 24.6. The molecule has 0 aliphatic carbocycles. The second-order valence-corrected chi connectivity index (χ2v) is 7.65. The number of rotatable bonds is 11. The minimum atomic E-state index is -0.873. The normalized spacial score (nSPS) is 14.7. The number of carboxylic acid groups (broad SMARTS) is 1.